The molecule has 0 aromatic heterocycles. The molecule has 3 aromatic carbocycles. The van der Waals surface area contributed by atoms with Crippen molar-refractivity contribution < 1.29 is 13.9 Å². The molecule has 1 saturated heterocycles. The molecule has 1 aliphatic heterocycles. The lowest BCUT2D eigenvalue weighted by molar-refractivity contribution is -0.122. The molecule has 3 nitrogen and oxygen atoms in total. The van der Waals surface area contributed by atoms with E-state index in [4.69, 9.17) is 28.6 Å². The molecule has 4 rings (SSSR count). The van der Waals surface area contributed by atoms with Crippen LogP contribution in [0.5, 0.6) is 5.75 Å². The Morgan fingerprint density at radius 3 is 2.44 bits per heavy atom. The highest BCUT2D eigenvalue weighted by Crippen LogP contribution is 2.35. The number of hydrogen-bond acceptors (Lipinski definition) is 4. The number of thiocarbonyl (C=S) groups is 1. The van der Waals surface area contributed by atoms with Crippen LogP contribution in [0.4, 0.5) is 4.39 Å². The molecule has 1 fully saturated rings. The van der Waals surface area contributed by atoms with Crippen LogP contribution in [0.2, 0.25) is 5.02 Å². The molecular weight excluding hydrogens is 533 g/mol. The van der Waals surface area contributed by atoms with Gasteiger partial charge < -0.3 is 4.74 Å². The Morgan fingerprint density at radius 2 is 1.75 bits per heavy atom. The van der Waals surface area contributed by atoms with E-state index in [9.17, 15) is 9.18 Å². The number of carbonyl (C=O) groups is 1. The average Bonchev–Trinajstić information content (AvgIpc) is 3.03. The standard InChI is InChI=1S/C24H16BrClFNO2S2/c25-20-11-17(5-10-21(20)30-14-16-1-6-18(26)7-2-16)12-22-23(29)28(24(31)32-22)13-15-3-8-19(27)9-4-15/h1-12H,13-14H2/b22-12-. The summed E-state index contributed by atoms with van der Waals surface area (Å²) in [4.78, 5) is 14.9. The van der Waals surface area contributed by atoms with Gasteiger partial charge >= 0.3 is 0 Å². The SMILES string of the molecule is O=C1/C(=C/c2ccc(OCc3ccc(Cl)cc3)c(Br)c2)SC(=S)N1Cc1ccc(F)cc1. The van der Waals surface area contributed by atoms with Crippen LogP contribution in [0.3, 0.4) is 0 Å². The quantitative estimate of drug-likeness (QED) is 0.240. The number of ether oxygens (including phenoxy) is 1. The minimum Gasteiger partial charge on any atom is -0.488 e. The molecule has 0 unspecified atom stereocenters. The largest absolute Gasteiger partial charge is 0.488 e. The average molecular weight is 549 g/mol. The molecule has 0 bridgehead atoms. The number of halogens is 3. The van der Waals surface area contributed by atoms with E-state index in [2.05, 4.69) is 15.9 Å². The lowest BCUT2D eigenvalue weighted by atomic mass is 10.2. The number of rotatable bonds is 6. The topological polar surface area (TPSA) is 29.5 Å². The Bertz CT molecular complexity index is 1200. The molecular formula is C24H16BrClFNO2S2. The summed E-state index contributed by atoms with van der Waals surface area (Å²) in [5.74, 6) is 0.217. The predicted octanol–water partition coefficient (Wildman–Crippen LogP) is 7.22. The molecule has 3 aromatic rings. The first-order valence-corrected chi connectivity index (χ1v) is 12.0. The van der Waals surface area contributed by atoms with Gasteiger partial charge in [-0.05, 0) is 75.1 Å². The number of carbonyl (C=O) groups excluding carboxylic acids is 1. The van der Waals surface area contributed by atoms with Gasteiger partial charge in [0.15, 0.2) is 0 Å². The molecule has 0 spiro atoms. The Kier molecular flexibility index (Phi) is 7.30. The summed E-state index contributed by atoms with van der Waals surface area (Å²) in [5, 5.41) is 0.683. The number of hydrogen-bond donors (Lipinski definition) is 0. The van der Waals surface area contributed by atoms with Crippen LogP contribution in [0, 0.1) is 5.82 Å². The van der Waals surface area contributed by atoms with E-state index < -0.39 is 0 Å². The maximum absolute atomic E-state index is 13.1. The van der Waals surface area contributed by atoms with E-state index in [1.807, 2.05) is 42.5 Å². The van der Waals surface area contributed by atoms with Gasteiger partial charge in [0.2, 0.25) is 0 Å². The van der Waals surface area contributed by atoms with E-state index >= 15 is 0 Å². The second-order valence-corrected chi connectivity index (χ2v) is 9.97. The van der Waals surface area contributed by atoms with Gasteiger partial charge in [0.1, 0.15) is 22.5 Å². The van der Waals surface area contributed by atoms with Crippen molar-refractivity contribution in [2.45, 2.75) is 13.2 Å². The summed E-state index contributed by atoms with van der Waals surface area (Å²) in [5.41, 5.74) is 2.67. The van der Waals surface area contributed by atoms with Crippen LogP contribution in [-0.4, -0.2) is 15.1 Å². The van der Waals surface area contributed by atoms with E-state index in [0.717, 1.165) is 21.2 Å². The van der Waals surface area contributed by atoms with Crippen molar-refractivity contribution in [3.8, 4) is 5.75 Å². The first kappa shape index (κ1) is 23.0. The fraction of sp³-hybridized carbons (Fsp3) is 0.0833. The maximum atomic E-state index is 13.1. The summed E-state index contributed by atoms with van der Waals surface area (Å²) in [7, 11) is 0. The van der Waals surface area contributed by atoms with Gasteiger partial charge in [0, 0.05) is 5.02 Å². The van der Waals surface area contributed by atoms with E-state index in [-0.39, 0.29) is 11.7 Å². The van der Waals surface area contributed by atoms with E-state index in [1.165, 1.54) is 28.8 Å². The fourth-order valence-corrected chi connectivity index (χ4v) is 4.92. The number of thioether (sulfide) groups is 1. The van der Waals surface area contributed by atoms with Crippen molar-refractivity contribution in [3.05, 3.63) is 104 Å². The van der Waals surface area contributed by atoms with Crippen LogP contribution >= 0.6 is 51.5 Å². The van der Waals surface area contributed by atoms with Crippen molar-refractivity contribution in [2.75, 3.05) is 0 Å². The lowest BCUT2D eigenvalue weighted by Gasteiger charge is -2.14. The van der Waals surface area contributed by atoms with Crippen molar-refractivity contribution in [3.63, 3.8) is 0 Å². The number of benzene rings is 3. The van der Waals surface area contributed by atoms with Gasteiger partial charge in [-0.3, -0.25) is 9.69 Å². The molecule has 0 N–H and O–H groups in total. The van der Waals surface area contributed by atoms with Crippen LogP contribution in [0.1, 0.15) is 16.7 Å². The molecule has 0 aliphatic carbocycles. The van der Waals surface area contributed by atoms with Crippen LogP contribution in [0.15, 0.2) is 76.1 Å². The fourth-order valence-electron chi connectivity index (χ4n) is 3.03. The number of nitrogens with zero attached hydrogens (tertiary/aromatic N) is 1. The summed E-state index contributed by atoms with van der Waals surface area (Å²) in [6, 6.07) is 19.2. The molecule has 0 atom stereocenters. The van der Waals surface area contributed by atoms with Gasteiger partial charge in [0.25, 0.3) is 5.91 Å². The third-order valence-electron chi connectivity index (χ3n) is 4.69. The van der Waals surface area contributed by atoms with Gasteiger partial charge in [0.05, 0.1) is 15.9 Å². The maximum Gasteiger partial charge on any atom is 0.266 e. The van der Waals surface area contributed by atoms with Crippen LogP contribution < -0.4 is 4.74 Å². The summed E-state index contributed by atoms with van der Waals surface area (Å²) >= 11 is 16.1. The second kappa shape index (κ2) is 10.2. The summed E-state index contributed by atoms with van der Waals surface area (Å²) < 4.78 is 20.3. The molecule has 1 amide bonds. The highest BCUT2D eigenvalue weighted by atomic mass is 79.9. The van der Waals surface area contributed by atoms with Gasteiger partial charge in [-0.15, -0.1) is 0 Å². The van der Waals surface area contributed by atoms with E-state index in [0.29, 0.717) is 33.1 Å². The zero-order valence-corrected chi connectivity index (χ0v) is 20.5. The molecule has 1 heterocycles. The molecule has 1 aliphatic rings. The van der Waals surface area contributed by atoms with Crippen LogP contribution in [0.25, 0.3) is 6.08 Å². The minimum atomic E-state index is -0.315. The lowest BCUT2D eigenvalue weighted by Crippen LogP contribution is -2.27. The normalized spacial score (nSPS) is 15.0. The molecule has 0 saturated carbocycles. The molecule has 8 heteroatoms. The smallest absolute Gasteiger partial charge is 0.266 e. The minimum absolute atomic E-state index is 0.163. The third kappa shape index (κ3) is 5.59. The predicted molar refractivity (Wildman–Crippen MR) is 135 cm³/mol. The molecule has 32 heavy (non-hydrogen) atoms. The first-order valence-electron chi connectivity index (χ1n) is 9.55. The molecule has 162 valence electrons. The highest BCUT2D eigenvalue weighted by Gasteiger charge is 2.32. The monoisotopic (exact) mass is 547 g/mol. The number of amides is 1. The highest BCUT2D eigenvalue weighted by molar-refractivity contribution is 9.10. The van der Waals surface area contributed by atoms with Crippen molar-refractivity contribution in [1.82, 2.24) is 4.90 Å². The Hall–Kier alpha value is -2.19. The zero-order chi connectivity index (χ0) is 22.7. The second-order valence-electron chi connectivity index (χ2n) is 7.00. The van der Waals surface area contributed by atoms with Gasteiger partial charge in [-0.2, -0.15) is 0 Å². The Morgan fingerprint density at radius 1 is 1.06 bits per heavy atom. The van der Waals surface area contributed by atoms with Gasteiger partial charge in [-0.25, -0.2) is 4.39 Å². The Balaban J connectivity index is 1.44. The molecule has 0 radical (unpaired) electrons. The van der Waals surface area contributed by atoms with Crippen LogP contribution in [-0.2, 0) is 17.9 Å². The summed E-state index contributed by atoms with van der Waals surface area (Å²) in [6.45, 7) is 0.723. The summed E-state index contributed by atoms with van der Waals surface area (Å²) in [6.07, 6.45) is 1.80. The zero-order valence-electron chi connectivity index (χ0n) is 16.6. The van der Waals surface area contributed by atoms with Gasteiger partial charge in [-0.1, -0.05) is 65.9 Å². The Labute approximate surface area is 208 Å². The third-order valence-corrected chi connectivity index (χ3v) is 6.94. The van der Waals surface area contributed by atoms with Crippen molar-refractivity contribution in [1.29, 1.82) is 0 Å². The van der Waals surface area contributed by atoms with Crippen molar-refractivity contribution in [2.24, 2.45) is 0 Å². The van der Waals surface area contributed by atoms with E-state index in [1.54, 1.807) is 18.2 Å². The van der Waals surface area contributed by atoms with Crippen molar-refractivity contribution >= 4 is 67.8 Å². The first-order chi connectivity index (χ1) is 15.4.